The molecule has 2 aromatic heterocycles. The van der Waals surface area contributed by atoms with Crippen molar-refractivity contribution < 1.29 is 0 Å². The van der Waals surface area contributed by atoms with Crippen LogP contribution < -0.4 is 10.6 Å². The van der Waals surface area contributed by atoms with Crippen molar-refractivity contribution >= 4 is 11.5 Å². The molecule has 1 fully saturated rings. The van der Waals surface area contributed by atoms with E-state index < -0.39 is 0 Å². The largest absolute Gasteiger partial charge is 0.370 e. The maximum atomic E-state index is 4.47. The average Bonchev–Trinajstić information content (AvgIpc) is 2.98. The molecule has 0 aromatic carbocycles. The van der Waals surface area contributed by atoms with Crippen LogP contribution in [-0.4, -0.2) is 33.7 Å². The number of hydrogen-bond acceptors (Lipinski definition) is 4. The Morgan fingerprint density at radius 3 is 3.35 bits per heavy atom. The molecule has 2 N–H and O–H groups in total. The van der Waals surface area contributed by atoms with E-state index in [-0.39, 0.29) is 0 Å². The zero-order chi connectivity index (χ0) is 11.5. The Labute approximate surface area is 100 Å². The van der Waals surface area contributed by atoms with Gasteiger partial charge >= 0.3 is 0 Å². The van der Waals surface area contributed by atoms with Crippen LogP contribution >= 0.6 is 0 Å². The number of nitrogens with zero attached hydrogens (tertiary/aromatic N) is 3. The Kier molecular flexibility index (Phi) is 2.92. The van der Waals surface area contributed by atoms with Gasteiger partial charge in [-0.1, -0.05) is 0 Å². The molecule has 17 heavy (non-hydrogen) atoms. The molecule has 0 spiro atoms. The van der Waals surface area contributed by atoms with Gasteiger partial charge in [-0.2, -0.15) is 5.10 Å². The Bertz CT molecular complexity index is 486. The Hall–Kier alpha value is -1.62. The van der Waals surface area contributed by atoms with Gasteiger partial charge in [0.15, 0.2) is 5.65 Å². The van der Waals surface area contributed by atoms with Gasteiger partial charge in [0.2, 0.25) is 0 Å². The van der Waals surface area contributed by atoms with Crippen molar-refractivity contribution in [3.8, 4) is 0 Å². The Morgan fingerprint density at radius 1 is 1.47 bits per heavy atom. The minimum absolute atomic E-state index is 0.682. The molecule has 3 heterocycles. The quantitative estimate of drug-likeness (QED) is 0.832. The predicted molar refractivity (Wildman–Crippen MR) is 67.1 cm³/mol. The van der Waals surface area contributed by atoms with Crippen LogP contribution in [0.1, 0.15) is 19.3 Å². The van der Waals surface area contributed by atoms with Gasteiger partial charge < -0.3 is 10.6 Å². The average molecular weight is 231 g/mol. The van der Waals surface area contributed by atoms with Crippen molar-refractivity contribution in [3.05, 3.63) is 24.5 Å². The fraction of sp³-hybridized carbons (Fsp3) is 0.500. The summed E-state index contributed by atoms with van der Waals surface area (Å²) in [4.78, 5) is 4.47. The minimum Gasteiger partial charge on any atom is -0.370 e. The minimum atomic E-state index is 0.682. The summed E-state index contributed by atoms with van der Waals surface area (Å²) in [6, 6.07) is 4.55. The molecule has 0 amide bonds. The lowest BCUT2D eigenvalue weighted by atomic mass is 10.1. The molecule has 2 aromatic rings. The Balaban J connectivity index is 1.56. The predicted octanol–water partition coefficient (Wildman–Crippen LogP) is 1.28. The van der Waals surface area contributed by atoms with Crippen LogP contribution in [-0.2, 0) is 0 Å². The molecule has 1 aliphatic heterocycles. The zero-order valence-corrected chi connectivity index (χ0v) is 9.76. The van der Waals surface area contributed by atoms with Gasteiger partial charge in [-0.15, -0.1) is 0 Å². The topological polar surface area (TPSA) is 54.2 Å². The van der Waals surface area contributed by atoms with Gasteiger partial charge in [0.1, 0.15) is 5.82 Å². The molecular weight excluding hydrogens is 214 g/mol. The van der Waals surface area contributed by atoms with Crippen molar-refractivity contribution in [2.45, 2.75) is 25.3 Å². The van der Waals surface area contributed by atoms with Crippen LogP contribution in [0.5, 0.6) is 0 Å². The van der Waals surface area contributed by atoms with Gasteiger partial charge in [0.05, 0.1) is 6.20 Å². The molecule has 1 aliphatic rings. The van der Waals surface area contributed by atoms with Crippen LogP contribution in [0.4, 0.5) is 5.82 Å². The lowest BCUT2D eigenvalue weighted by molar-refractivity contribution is 0.574. The van der Waals surface area contributed by atoms with E-state index >= 15 is 0 Å². The first kappa shape index (κ1) is 10.5. The van der Waals surface area contributed by atoms with Crippen molar-refractivity contribution in [2.24, 2.45) is 0 Å². The van der Waals surface area contributed by atoms with Crippen molar-refractivity contribution in [3.63, 3.8) is 0 Å². The lowest BCUT2D eigenvalue weighted by Crippen LogP contribution is -2.24. The van der Waals surface area contributed by atoms with E-state index in [0.717, 1.165) is 24.4 Å². The highest BCUT2D eigenvalue weighted by molar-refractivity contribution is 5.45. The maximum absolute atomic E-state index is 4.47. The first-order valence-electron chi connectivity index (χ1n) is 6.19. The number of nitrogens with one attached hydrogen (secondary N) is 2. The molecule has 0 aliphatic carbocycles. The summed E-state index contributed by atoms with van der Waals surface area (Å²) in [5.41, 5.74) is 0.883. The Morgan fingerprint density at radius 2 is 2.47 bits per heavy atom. The van der Waals surface area contributed by atoms with Gasteiger partial charge in [-0.25, -0.2) is 9.50 Å². The van der Waals surface area contributed by atoms with Crippen LogP contribution in [0.2, 0.25) is 0 Å². The molecule has 5 nitrogen and oxygen atoms in total. The molecule has 0 saturated carbocycles. The summed E-state index contributed by atoms with van der Waals surface area (Å²) in [5, 5.41) is 11.0. The standard InChI is InChI=1S/C12H17N5/c1-2-10(13-6-1)3-7-14-11-5-9-17-12(16-11)4-8-15-17/h4-5,8-10,13H,1-3,6-7H2,(H,14,16)/t10-/m1/s1. The highest BCUT2D eigenvalue weighted by atomic mass is 15.2. The van der Waals surface area contributed by atoms with Crippen LogP contribution in [0.25, 0.3) is 5.65 Å². The van der Waals surface area contributed by atoms with Crippen LogP contribution in [0.3, 0.4) is 0 Å². The highest BCUT2D eigenvalue weighted by Gasteiger charge is 2.12. The third-order valence-corrected chi connectivity index (χ3v) is 3.22. The van der Waals surface area contributed by atoms with Crippen molar-refractivity contribution in [1.29, 1.82) is 0 Å². The second kappa shape index (κ2) is 4.71. The van der Waals surface area contributed by atoms with E-state index in [1.165, 1.54) is 19.4 Å². The van der Waals surface area contributed by atoms with Gasteiger partial charge in [0, 0.05) is 24.8 Å². The smallest absolute Gasteiger partial charge is 0.157 e. The molecule has 1 saturated heterocycles. The van der Waals surface area contributed by atoms with Gasteiger partial charge in [-0.05, 0) is 31.9 Å². The second-order valence-electron chi connectivity index (χ2n) is 4.46. The summed E-state index contributed by atoms with van der Waals surface area (Å²) in [7, 11) is 0. The molecule has 3 rings (SSSR count). The summed E-state index contributed by atoms with van der Waals surface area (Å²) in [6.07, 6.45) is 7.46. The first-order valence-corrected chi connectivity index (χ1v) is 6.19. The normalized spacial score (nSPS) is 19.9. The van der Waals surface area contributed by atoms with E-state index in [1.807, 2.05) is 18.3 Å². The van der Waals surface area contributed by atoms with Crippen LogP contribution in [0, 0.1) is 0 Å². The third-order valence-electron chi connectivity index (χ3n) is 3.22. The second-order valence-corrected chi connectivity index (χ2v) is 4.46. The third kappa shape index (κ3) is 2.39. The fourth-order valence-corrected chi connectivity index (χ4v) is 2.29. The van der Waals surface area contributed by atoms with Gasteiger partial charge in [0.25, 0.3) is 0 Å². The number of hydrogen-bond donors (Lipinski definition) is 2. The summed E-state index contributed by atoms with van der Waals surface area (Å²) in [5.74, 6) is 0.927. The molecule has 0 bridgehead atoms. The zero-order valence-electron chi connectivity index (χ0n) is 9.76. The molecule has 5 heteroatoms. The van der Waals surface area contributed by atoms with Crippen LogP contribution in [0.15, 0.2) is 24.5 Å². The number of rotatable bonds is 4. The van der Waals surface area contributed by atoms with E-state index in [2.05, 4.69) is 20.7 Å². The number of aromatic nitrogens is 3. The van der Waals surface area contributed by atoms with Crippen molar-refractivity contribution in [1.82, 2.24) is 19.9 Å². The van der Waals surface area contributed by atoms with Gasteiger partial charge in [-0.3, -0.25) is 0 Å². The van der Waals surface area contributed by atoms with Crippen molar-refractivity contribution in [2.75, 3.05) is 18.4 Å². The highest BCUT2D eigenvalue weighted by Crippen LogP contribution is 2.10. The molecule has 0 radical (unpaired) electrons. The van der Waals surface area contributed by atoms with E-state index in [4.69, 9.17) is 0 Å². The summed E-state index contributed by atoms with van der Waals surface area (Å²) < 4.78 is 1.77. The summed E-state index contributed by atoms with van der Waals surface area (Å²) in [6.45, 7) is 2.14. The SMILES string of the molecule is c1cc2nc(NCC[C@H]3CCCN3)ccn2n1. The molecule has 0 unspecified atom stereocenters. The number of anilines is 1. The first-order chi connectivity index (χ1) is 8.42. The lowest BCUT2D eigenvalue weighted by Gasteiger charge is -2.11. The van der Waals surface area contributed by atoms with E-state index in [0.29, 0.717) is 6.04 Å². The number of fused-ring (bicyclic) bond motifs is 1. The maximum Gasteiger partial charge on any atom is 0.157 e. The summed E-state index contributed by atoms with van der Waals surface area (Å²) >= 11 is 0. The fourth-order valence-electron chi connectivity index (χ4n) is 2.29. The van der Waals surface area contributed by atoms with E-state index in [9.17, 15) is 0 Å². The molecule has 1 atom stereocenters. The monoisotopic (exact) mass is 231 g/mol. The molecule has 90 valence electrons. The molecular formula is C12H17N5. The van der Waals surface area contributed by atoms with E-state index in [1.54, 1.807) is 10.7 Å².